The van der Waals surface area contributed by atoms with E-state index in [1.165, 1.54) is 36.9 Å². The minimum atomic E-state index is -0.0734. The summed E-state index contributed by atoms with van der Waals surface area (Å²) in [5.41, 5.74) is 0. The first kappa shape index (κ1) is 14.3. The van der Waals surface area contributed by atoms with Crippen molar-refractivity contribution in [1.82, 2.24) is 15.3 Å². The molecule has 1 aliphatic carbocycles. The van der Waals surface area contributed by atoms with Gasteiger partial charge in [0.15, 0.2) is 6.61 Å². The van der Waals surface area contributed by atoms with E-state index >= 15 is 0 Å². The van der Waals surface area contributed by atoms with Crippen molar-refractivity contribution in [3.63, 3.8) is 0 Å². The van der Waals surface area contributed by atoms with Crippen LogP contribution >= 0.6 is 11.3 Å². The molecule has 1 amide bonds. The summed E-state index contributed by atoms with van der Waals surface area (Å²) in [6.07, 6.45) is 6.18. The van der Waals surface area contributed by atoms with Gasteiger partial charge in [0.2, 0.25) is 5.88 Å². The molecule has 2 atom stereocenters. The van der Waals surface area contributed by atoms with Crippen molar-refractivity contribution < 1.29 is 9.53 Å². The minimum Gasteiger partial charge on any atom is -0.467 e. The smallest absolute Gasteiger partial charge is 0.258 e. The van der Waals surface area contributed by atoms with E-state index in [1.54, 1.807) is 0 Å². The highest BCUT2D eigenvalue weighted by molar-refractivity contribution is 7.16. The summed E-state index contributed by atoms with van der Waals surface area (Å²) in [4.78, 5) is 21.2. The lowest BCUT2D eigenvalue weighted by Crippen LogP contribution is -2.43. The maximum absolute atomic E-state index is 12.0. The summed E-state index contributed by atoms with van der Waals surface area (Å²) in [5.74, 6) is 0.953. The number of carbonyl (C=O) groups is 1. The van der Waals surface area contributed by atoms with Gasteiger partial charge in [-0.1, -0.05) is 19.8 Å². The summed E-state index contributed by atoms with van der Waals surface area (Å²) in [5, 5.41) is 5.88. The van der Waals surface area contributed by atoms with Crippen LogP contribution in [0.2, 0.25) is 0 Å². The number of amides is 1. The molecule has 2 aromatic rings. The zero-order chi connectivity index (χ0) is 14.7. The van der Waals surface area contributed by atoms with E-state index in [2.05, 4.69) is 22.2 Å². The molecular weight excluding hydrogens is 286 g/mol. The number of hydrogen-bond acceptors (Lipinski definition) is 5. The second kappa shape index (κ2) is 6.39. The standard InChI is InChI=1S/C15H19N3O2S/c1-10-4-2-3-5-12(10)18-13(19)8-20-14-11-6-7-21-15(11)17-9-16-14/h6-7,9-10,12H,2-5,8H2,1H3,(H,18,19)/t10-,12-/m0/s1. The van der Waals surface area contributed by atoms with Gasteiger partial charge in [0, 0.05) is 6.04 Å². The molecule has 2 heterocycles. The SMILES string of the molecule is C[C@H]1CCCC[C@@H]1NC(=O)COc1ncnc2sccc12. The molecule has 0 aromatic carbocycles. The quantitative estimate of drug-likeness (QED) is 0.943. The molecule has 21 heavy (non-hydrogen) atoms. The second-order valence-electron chi connectivity index (χ2n) is 5.54. The lowest BCUT2D eigenvalue weighted by Gasteiger charge is -2.29. The Balaban J connectivity index is 1.57. The van der Waals surface area contributed by atoms with E-state index in [-0.39, 0.29) is 18.6 Å². The van der Waals surface area contributed by atoms with Gasteiger partial charge < -0.3 is 10.1 Å². The van der Waals surface area contributed by atoms with Crippen LogP contribution < -0.4 is 10.1 Å². The molecule has 112 valence electrons. The topological polar surface area (TPSA) is 64.1 Å². The highest BCUT2D eigenvalue weighted by atomic mass is 32.1. The number of hydrogen-bond donors (Lipinski definition) is 1. The van der Waals surface area contributed by atoms with Crippen LogP contribution in [0, 0.1) is 5.92 Å². The van der Waals surface area contributed by atoms with Crippen LogP contribution in [0.25, 0.3) is 10.2 Å². The van der Waals surface area contributed by atoms with Gasteiger partial charge in [-0.2, -0.15) is 0 Å². The minimum absolute atomic E-state index is 0.00514. The van der Waals surface area contributed by atoms with Crippen molar-refractivity contribution in [2.45, 2.75) is 38.6 Å². The normalized spacial score (nSPS) is 22.1. The number of carbonyl (C=O) groups excluding carboxylic acids is 1. The monoisotopic (exact) mass is 305 g/mol. The average molecular weight is 305 g/mol. The average Bonchev–Trinajstić information content (AvgIpc) is 2.96. The first-order valence-corrected chi connectivity index (χ1v) is 8.22. The third kappa shape index (κ3) is 3.32. The highest BCUT2D eigenvalue weighted by Gasteiger charge is 2.23. The van der Waals surface area contributed by atoms with Gasteiger partial charge in [-0.05, 0) is 30.2 Å². The summed E-state index contributed by atoms with van der Waals surface area (Å²) in [7, 11) is 0. The molecule has 3 rings (SSSR count). The first-order valence-electron chi connectivity index (χ1n) is 7.34. The fraction of sp³-hybridized carbons (Fsp3) is 0.533. The molecule has 1 N–H and O–H groups in total. The van der Waals surface area contributed by atoms with Crippen LogP contribution in [0.3, 0.4) is 0 Å². The first-order chi connectivity index (χ1) is 10.2. The Morgan fingerprint density at radius 2 is 2.29 bits per heavy atom. The molecule has 1 saturated carbocycles. The molecule has 0 aliphatic heterocycles. The van der Waals surface area contributed by atoms with Crippen molar-refractivity contribution >= 4 is 27.5 Å². The van der Waals surface area contributed by atoms with E-state index in [9.17, 15) is 4.79 Å². The fourth-order valence-corrected chi connectivity index (χ4v) is 3.52. The zero-order valence-corrected chi connectivity index (χ0v) is 12.9. The molecule has 2 aromatic heterocycles. The number of fused-ring (bicyclic) bond motifs is 1. The van der Waals surface area contributed by atoms with Gasteiger partial charge in [-0.25, -0.2) is 9.97 Å². The zero-order valence-electron chi connectivity index (χ0n) is 12.0. The van der Waals surface area contributed by atoms with E-state index in [4.69, 9.17) is 4.74 Å². The maximum atomic E-state index is 12.0. The Morgan fingerprint density at radius 3 is 3.14 bits per heavy atom. The molecular formula is C15H19N3O2S. The summed E-state index contributed by atoms with van der Waals surface area (Å²) < 4.78 is 5.56. The van der Waals surface area contributed by atoms with Crippen molar-refractivity contribution in [3.05, 3.63) is 17.8 Å². The lowest BCUT2D eigenvalue weighted by atomic mass is 9.86. The third-order valence-electron chi connectivity index (χ3n) is 4.02. The van der Waals surface area contributed by atoms with Crippen LogP contribution in [0.5, 0.6) is 5.88 Å². The Bertz CT molecular complexity index is 628. The molecule has 0 bridgehead atoms. The predicted molar refractivity (Wildman–Crippen MR) is 82.5 cm³/mol. The van der Waals surface area contributed by atoms with Crippen LogP contribution in [-0.2, 0) is 4.79 Å². The number of thiophene rings is 1. The van der Waals surface area contributed by atoms with Gasteiger partial charge in [0.25, 0.3) is 5.91 Å². The number of nitrogens with one attached hydrogen (secondary N) is 1. The third-order valence-corrected chi connectivity index (χ3v) is 4.84. The number of aromatic nitrogens is 2. The van der Waals surface area contributed by atoms with Crippen LogP contribution in [0.15, 0.2) is 17.8 Å². The largest absolute Gasteiger partial charge is 0.467 e. The van der Waals surface area contributed by atoms with Crippen molar-refractivity contribution in [1.29, 1.82) is 0 Å². The molecule has 6 heteroatoms. The summed E-state index contributed by atoms with van der Waals surface area (Å²) in [6.45, 7) is 2.20. The summed E-state index contributed by atoms with van der Waals surface area (Å²) >= 11 is 1.53. The predicted octanol–water partition coefficient (Wildman–Crippen LogP) is 2.77. The molecule has 1 aliphatic rings. The molecule has 0 radical (unpaired) electrons. The van der Waals surface area contributed by atoms with Gasteiger partial charge >= 0.3 is 0 Å². The molecule has 1 fully saturated rings. The summed E-state index contributed by atoms with van der Waals surface area (Å²) in [6, 6.07) is 2.19. The molecule has 5 nitrogen and oxygen atoms in total. The Hall–Kier alpha value is -1.69. The fourth-order valence-electron chi connectivity index (χ4n) is 2.80. The number of nitrogens with zero attached hydrogens (tertiary/aromatic N) is 2. The van der Waals surface area contributed by atoms with E-state index in [1.807, 2.05) is 11.4 Å². The van der Waals surface area contributed by atoms with Gasteiger partial charge in [-0.15, -0.1) is 11.3 Å². The maximum Gasteiger partial charge on any atom is 0.258 e. The lowest BCUT2D eigenvalue weighted by molar-refractivity contribution is -0.124. The molecule has 0 spiro atoms. The molecule has 0 unspecified atom stereocenters. The Labute approximate surface area is 127 Å². The molecule has 0 saturated heterocycles. The van der Waals surface area contributed by atoms with Gasteiger partial charge in [-0.3, -0.25) is 4.79 Å². The second-order valence-corrected chi connectivity index (χ2v) is 6.44. The Morgan fingerprint density at radius 1 is 1.43 bits per heavy atom. The van der Waals surface area contributed by atoms with E-state index < -0.39 is 0 Å². The van der Waals surface area contributed by atoms with Crippen molar-refractivity contribution in [2.24, 2.45) is 5.92 Å². The van der Waals surface area contributed by atoms with Crippen molar-refractivity contribution in [3.8, 4) is 5.88 Å². The number of ether oxygens (including phenoxy) is 1. The van der Waals surface area contributed by atoms with Crippen molar-refractivity contribution in [2.75, 3.05) is 6.61 Å². The van der Waals surface area contributed by atoms with E-state index in [0.29, 0.717) is 11.8 Å². The van der Waals surface area contributed by atoms with Crippen LogP contribution in [0.1, 0.15) is 32.6 Å². The van der Waals surface area contributed by atoms with Crippen LogP contribution in [0.4, 0.5) is 0 Å². The number of rotatable bonds is 4. The van der Waals surface area contributed by atoms with Crippen LogP contribution in [-0.4, -0.2) is 28.5 Å². The van der Waals surface area contributed by atoms with Gasteiger partial charge in [0.05, 0.1) is 5.39 Å². The van der Waals surface area contributed by atoms with E-state index in [0.717, 1.165) is 16.6 Å². The Kier molecular flexibility index (Phi) is 4.34. The van der Waals surface area contributed by atoms with Gasteiger partial charge in [0.1, 0.15) is 11.2 Å². The highest BCUT2D eigenvalue weighted by Crippen LogP contribution is 2.26.